The number of halogens is 1. The second-order valence-electron chi connectivity index (χ2n) is 9.61. The molecule has 4 atom stereocenters. The molecule has 9 heteroatoms. The van der Waals surface area contributed by atoms with Crippen molar-refractivity contribution in [1.29, 1.82) is 5.26 Å². The standard InChI is InChI=1S/C31H24ClN3O4S/c1-18-7-11-21(12-8-18)29(36)26-25(24-6-3-15-40-24)28(30(37)38)35(27(26)20-13-9-19(17-33)10-14-20)31(39)34-23-5-2-4-22(32)16-23/h2-16,25-28H,1H3,(H,34,39)(H,37,38). The summed E-state index contributed by atoms with van der Waals surface area (Å²) < 4.78 is 0. The Labute approximate surface area is 240 Å². The number of hydrogen-bond donors (Lipinski definition) is 2. The van der Waals surface area contributed by atoms with E-state index in [1.807, 2.05) is 24.4 Å². The molecule has 1 aliphatic heterocycles. The van der Waals surface area contributed by atoms with Crippen molar-refractivity contribution in [2.45, 2.75) is 24.9 Å². The Morgan fingerprint density at radius 3 is 2.33 bits per heavy atom. The molecule has 3 aromatic carbocycles. The van der Waals surface area contributed by atoms with E-state index in [0.717, 1.165) is 5.56 Å². The van der Waals surface area contributed by atoms with Gasteiger partial charge in [-0.25, -0.2) is 9.59 Å². The summed E-state index contributed by atoms with van der Waals surface area (Å²) in [5.41, 5.74) is 2.75. The van der Waals surface area contributed by atoms with Crippen LogP contribution in [-0.2, 0) is 4.79 Å². The van der Waals surface area contributed by atoms with Gasteiger partial charge in [-0.2, -0.15) is 5.26 Å². The second-order valence-corrected chi connectivity index (χ2v) is 11.0. The fourth-order valence-electron chi connectivity index (χ4n) is 5.34. The van der Waals surface area contributed by atoms with Crippen molar-refractivity contribution in [3.05, 3.63) is 122 Å². The van der Waals surface area contributed by atoms with Crippen LogP contribution in [-0.4, -0.2) is 33.8 Å². The zero-order valence-electron chi connectivity index (χ0n) is 21.3. The van der Waals surface area contributed by atoms with Gasteiger partial charge in [0.15, 0.2) is 5.78 Å². The molecule has 0 saturated carbocycles. The molecule has 2 heterocycles. The molecule has 5 rings (SSSR count). The minimum atomic E-state index is -1.35. The van der Waals surface area contributed by atoms with Gasteiger partial charge in [0.05, 0.1) is 23.6 Å². The Morgan fingerprint density at radius 2 is 1.73 bits per heavy atom. The number of benzene rings is 3. The normalized spacial score (nSPS) is 20.1. The predicted octanol–water partition coefficient (Wildman–Crippen LogP) is 6.91. The molecule has 4 unspecified atom stereocenters. The topological polar surface area (TPSA) is 110 Å². The van der Waals surface area contributed by atoms with Crippen LogP contribution in [0.15, 0.2) is 90.3 Å². The van der Waals surface area contributed by atoms with E-state index in [4.69, 9.17) is 11.6 Å². The van der Waals surface area contributed by atoms with E-state index in [1.54, 1.807) is 72.8 Å². The van der Waals surface area contributed by atoms with Crippen molar-refractivity contribution in [2.24, 2.45) is 5.92 Å². The SMILES string of the molecule is Cc1ccc(C(=O)C2C(c3cccs3)C(C(=O)O)N(C(=O)Nc3cccc(Cl)c3)C2c2ccc(C#N)cc2)cc1. The van der Waals surface area contributed by atoms with E-state index in [-0.39, 0.29) is 5.78 Å². The van der Waals surface area contributed by atoms with Gasteiger partial charge >= 0.3 is 12.0 Å². The molecule has 4 aromatic rings. The van der Waals surface area contributed by atoms with Crippen molar-refractivity contribution < 1.29 is 19.5 Å². The van der Waals surface area contributed by atoms with Crippen LogP contribution >= 0.6 is 22.9 Å². The maximum atomic E-state index is 14.3. The summed E-state index contributed by atoms with van der Waals surface area (Å²) in [6, 6.07) is 22.9. The van der Waals surface area contributed by atoms with E-state index in [1.165, 1.54) is 16.2 Å². The maximum absolute atomic E-state index is 14.3. The third-order valence-electron chi connectivity index (χ3n) is 7.12. The first-order valence-electron chi connectivity index (χ1n) is 12.5. The van der Waals surface area contributed by atoms with Gasteiger partial charge in [0.1, 0.15) is 6.04 Å². The lowest BCUT2D eigenvalue weighted by Crippen LogP contribution is -2.45. The van der Waals surface area contributed by atoms with Crippen molar-refractivity contribution >= 4 is 46.4 Å². The number of rotatable bonds is 6. The van der Waals surface area contributed by atoms with Crippen LogP contribution in [0, 0.1) is 24.2 Å². The van der Waals surface area contributed by atoms with E-state index >= 15 is 0 Å². The first-order valence-corrected chi connectivity index (χ1v) is 13.8. The summed E-state index contributed by atoms with van der Waals surface area (Å²) in [7, 11) is 0. The molecule has 0 aliphatic carbocycles. The Kier molecular flexibility index (Phi) is 7.69. The number of nitriles is 1. The fraction of sp³-hybridized carbons (Fsp3) is 0.161. The van der Waals surface area contributed by atoms with Crippen LogP contribution in [0.3, 0.4) is 0 Å². The van der Waals surface area contributed by atoms with E-state index < -0.39 is 35.9 Å². The highest BCUT2D eigenvalue weighted by Gasteiger charge is 2.58. The van der Waals surface area contributed by atoms with E-state index in [2.05, 4.69) is 11.4 Å². The van der Waals surface area contributed by atoms with Crippen LogP contribution in [0.2, 0.25) is 5.02 Å². The molecule has 1 aromatic heterocycles. The average molecular weight is 570 g/mol. The fourth-order valence-corrected chi connectivity index (χ4v) is 6.44. The maximum Gasteiger partial charge on any atom is 0.327 e. The van der Waals surface area contributed by atoms with Gasteiger partial charge < -0.3 is 15.3 Å². The molecule has 200 valence electrons. The van der Waals surface area contributed by atoms with Gasteiger partial charge in [0, 0.05) is 27.1 Å². The number of nitrogens with one attached hydrogen (secondary N) is 1. The molecule has 0 bridgehead atoms. The van der Waals surface area contributed by atoms with Crippen LogP contribution < -0.4 is 5.32 Å². The number of ketones is 1. The molecule has 7 nitrogen and oxygen atoms in total. The van der Waals surface area contributed by atoms with Gasteiger partial charge in [0.2, 0.25) is 0 Å². The molecule has 1 aliphatic rings. The summed E-state index contributed by atoms with van der Waals surface area (Å²) in [4.78, 5) is 43.2. The first kappa shape index (κ1) is 27.1. The number of aliphatic carboxylic acids is 1. The second kappa shape index (κ2) is 11.3. The molecule has 2 N–H and O–H groups in total. The smallest absolute Gasteiger partial charge is 0.327 e. The lowest BCUT2D eigenvalue weighted by Gasteiger charge is -2.30. The number of thiophene rings is 1. The Hall–Kier alpha value is -4.45. The first-order chi connectivity index (χ1) is 19.3. The number of urea groups is 1. The average Bonchev–Trinajstić information content (AvgIpc) is 3.59. The Balaban J connectivity index is 1.70. The molecule has 1 fully saturated rings. The zero-order valence-corrected chi connectivity index (χ0v) is 22.9. The van der Waals surface area contributed by atoms with Crippen LogP contribution in [0.25, 0.3) is 0 Å². The van der Waals surface area contributed by atoms with Crippen LogP contribution in [0.4, 0.5) is 10.5 Å². The van der Waals surface area contributed by atoms with E-state index in [0.29, 0.717) is 32.3 Å². The number of aryl methyl sites for hydroxylation is 1. The molecular weight excluding hydrogens is 546 g/mol. The van der Waals surface area contributed by atoms with Gasteiger partial charge in [-0.3, -0.25) is 4.79 Å². The van der Waals surface area contributed by atoms with Gasteiger partial charge in [-0.05, 0) is 54.3 Å². The largest absolute Gasteiger partial charge is 0.480 e. The number of anilines is 1. The summed E-state index contributed by atoms with van der Waals surface area (Å²) in [5.74, 6) is -3.23. The number of carboxylic acid groups (broad SMARTS) is 1. The van der Waals surface area contributed by atoms with Crippen molar-refractivity contribution in [2.75, 3.05) is 5.32 Å². The summed E-state index contributed by atoms with van der Waals surface area (Å²) in [6.07, 6.45) is 0. The number of hydrogen-bond acceptors (Lipinski definition) is 5. The summed E-state index contributed by atoms with van der Waals surface area (Å²) >= 11 is 7.47. The van der Waals surface area contributed by atoms with Gasteiger partial charge in [-0.1, -0.05) is 65.7 Å². The highest BCUT2D eigenvalue weighted by Crippen LogP contribution is 2.52. The predicted molar refractivity (Wildman–Crippen MR) is 154 cm³/mol. The van der Waals surface area contributed by atoms with Crippen molar-refractivity contribution in [3.8, 4) is 6.07 Å². The minimum Gasteiger partial charge on any atom is -0.480 e. The number of nitrogens with zero attached hydrogens (tertiary/aromatic N) is 2. The molecular formula is C31H24ClN3O4S. The van der Waals surface area contributed by atoms with Gasteiger partial charge in [-0.15, -0.1) is 11.3 Å². The van der Waals surface area contributed by atoms with Crippen LogP contribution in [0.5, 0.6) is 0 Å². The zero-order chi connectivity index (χ0) is 28.4. The number of carbonyl (C=O) groups is 3. The molecule has 2 amide bonds. The third-order valence-corrected chi connectivity index (χ3v) is 8.33. The van der Waals surface area contributed by atoms with Crippen molar-refractivity contribution in [3.63, 3.8) is 0 Å². The third kappa shape index (κ3) is 5.22. The number of carbonyl (C=O) groups excluding carboxylic acids is 2. The Bertz CT molecular complexity index is 1600. The van der Waals surface area contributed by atoms with Crippen molar-refractivity contribution in [1.82, 2.24) is 4.90 Å². The molecule has 0 radical (unpaired) electrons. The quantitative estimate of drug-likeness (QED) is 0.245. The van der Waals surface area contributed by atoms with Gasteiger partial charge in [0.25, 0.3) is 0 Å². The number of Topliss-reactive ketones (excluding diaryl/α,β-unsaturated/α-hetero) is 1. The van der Waals surface area contributed by atoms with Crippen LogP contribution in [0.1, 0.15) is 43.9 Å². The highest BCUT2D eigenvalue weighted by molar-refractivity contribution is 7.10. The number of amides is 2. The molecule has 40 heavy (non-hydrogen) atoms. The van der Waals surface area contributed by atoms with E-state index in [9.17, 15) is 24.8 Å². The lowest BCUT2D eigenvalue weighted by molar-refractivity contribution is -0.142. The lowest BCUT2D eigenvalue weighted by atomic mass is 9.78. The molecule has 1 saturated heterocycles. The number of carboxylic acids is 1. The number of likely N-dealkylation sites (tertiary alicyclic amines) is 1. The molecule has 0 spiro atoms. The highest BCUT2D eigenvalue weighted by atomic mass is 35.5. The Morgan fingerprint density at radius 1 is 1.00 bits per heavy atom. The minimum absolute atomic E-state index is 0.267. The monoisotopic (exact) mass is 569 g/mol. The summed E-state index contributed by atoms with van der Waals surface area (Å²) in [6.45, 7) is 1.92. The summed E-state index contributed by atoms with van der Waals surface area (Å²) in [5, 5.41) is 24.9.